The summed E-state index contributed by atoms with van der Waals surface area (Å²) in [5, 5.41) is 0.241. The number of anilines is 2. The van der Waals surface area contributed by atoms with Gasteiger partial charge in [0.15, 0.2) is 5.16 Å². The number of hydrogen-bond donors (Lipinski definition) is 4. The zero-order valence-electron chi connectivity index (χ0n) is 9.71. The number of rotatable bonds is 3. The lowest BCUT2D eigenvalue weighted by Crippen LogP contribution is -2.14. The van der Waals surface area contributed by atoms with Crippen LogP contribution in [0.3, 0.4) is 0 Å². The fourth-order valence-electron chi connectivity index (χ4n) is 1.46. The molecule has 1 aromatic heterocycles. The van der Waals surface area contributed by atoms with E-state index in [2.05, 4.69) is 9.97 Å². The highest BCUT2D eigenvalue weighted by Crippen LogP contribution is 2.32. The number of aromatic nitrogens is 2. The molecule has 8 heteroatoms. The van der Waals surface area contributed by atoms with Crippen molar-refractivity contribution in [1.29, 1.82) is 0 Å². The van der Waals surface area contributed by atoms with Crippen molar-refractivity contribution in [1.82, 2.24) is 9.97 Å². The van der Waals surface area contributed by atoms with Crippen molar-refractivity contribution >= 4 is 29.2 Å². The van der Waals surface area contributed by atoms with Crippen LogP contribution in [0.4, 0.5) is 11.5 Å². The van der Waals surface area contributed by atoms with Gasteiger partial charge in [-0.25, -0.2) is 4.98 Å². The summed E-state index contributed by atoms with van der Waals surface area (Å²) in [7, 11) is 0. The first-order chi connectivity index (χ1) is 8.97. The number of nitrogens with zero attached hydrogens (tertiary/aromatic N) is 1. The molecule has 0 spiro atoms. The summed E-state index contributed by atoms with van der Waals surface area (Å²) >= 11 is 1.02. The molecule has 98 valence electrons. The molecule has 0 aliphatic carbocycles. The molecule has 1 heterocycles. The number of amides is 1. The molecule has 1 aromatic carbocycles. The predicted octanol–water partition coefficient (Wildman–Crippen LogP) is 0.184. The summed E-state index contributed by atoms with van der Waals surface area (Å²) in [6.45, 7) is 0. The second-order valence-corrected chi connectivity index (χ2v) is 4.66. The number of H-pyrrole nitrogens is 1. The molecule has 0 aliphatic heterocycles. The zero-order valence-corrected chi connectivity index (χ0v) is 10.5. The lowest BCUT2D eigenvalue weighted by molar-refractivity contribution is 0.0997. The van der Waals surface area contributed by atoms with E-state index in [9.17, 15) is 9.59 Å². The second kappa shape index (κ2) is 5.02. The van der Waals surface area contributed by atoms with Gasteiger partial charge < -0.3 is 22.2 Å². The van der Waals surface area contributed by atoms with Gasteiger partial charge >= 0.3 is 0 Å². The van der Waals surface area contributed by atoms with Crippen LogP contribution in [0.15, 0.2) is 39.1 Å². The first kappa shape index (κ1) is 13.0. The largest absolute Gasteiger partial charge is 0.398 e. The van der Waals surface area contributed by atoms with Gasteiger partial charge in [-0.1, -0.05) is 6.07 Å². The van der Waals surface area contributed by atoms with Crippen molar-refractivity contribution < 1.29 is 4.79 Å². The van der Waals surface area contributed by atoms with E-state index in [4.69, 9.17) is 17.2 Å². The molecule has 7 nitrogen and oxygen atoms in total. The molecule has 0 atom stereocenters. The Bertz CT molecular complexity index is 698. The van der Waals surface area contributed by atoms with Gasteiger partial charge in [-0.2, -0.15) is 0 Å². The average Bonchev–Trinajstić information content (AvgIpc) is 2.30. The summed E-state index contributed by atoms with van der Waals surface area (Å²) in [6, 6.07) is 5.95. The third kappa shape index (κ3) is 2.86. The van der Waals surface area contributed by atoms with Gasteiger partial charge in [-0.05, 0) is 23.9 Å². The molecule has 1 amide bonds. The summed E-state index contributed by atoms with van der Waals surface area (Å²) in [4.78, 5) is 29.5. The Morgan fingerprint density at radius 2 is 2.05 bits per heavy atom. The minimum atomic E-state index is -0.610. The van der Waals surface area contributed by atoms with Crippen molar-refractivity contribution in [3.63, 3.8) is 0 Å². The molecule has 0 radical (unpaired) electrons. The van der Waals surface area contributed by atoms with Crippen molar-refractivity contribution in [2.45, 2.75) is 10.1 Å². The smallest absolute Gasteiger partial charge is 0.253 e. The van der Waals surface area contributed by atoms with E-state index in [1.54, 1.807) is 18.2 Å². The van der Waals surface area contributed by atoms with E-state index in [1.807, 2.05) is 0 Å². The van der Waals surface area contributed by atoms with Crippen molar-refractivity contribution in [3.05, 3.63) is 40.2 Å². The number of primary amides is 1. The van der Waals surface area contributed by atoms with E-state index < -0.39 is 5.91 Å². The first-order valence-corrected chi connectivity index (χ1v) is 6.02. The molecule has 19 heavy (non-hydrogen) atoms. The molecule has 0 aliphatic rings. The highest BCUT2D eigenvalue weighted by molar-refractivity contribution is 7.99. The lowest BCUT2D eigenvalue weighted by Gasteiger charge is -2.08. The van der Waals surface area contributed by atoms with E-state index in [0.717, 1.165) is 17.8 Å². The zero-order chi connectivity index (χ0) is 14.0. The Balaban J connectivity index is 2.48. The number of nitrogen functional groups attached to an aromatic ring is 2. The van der Waals surface area contributed by atoms with Gasteiger partial charge in [0.25, 0.3) is 5.56 Å². The fraction of sp³-hybridized carbons (Fsp3) is 0. The Morgan fingerprint density at radius 3 is 2.68 bits per heavy atom. The monoisotopic (exact) mass is 277 g/mol. The van der Waals surface area contributed by atoms with Crippen LogP contribution in [0, 0.1) is 0 Å². The van der Waals surface area contributed by atoms with Crippen LogP contribution >= 0.6 is 11.8 Å². The van der Waals surface area contributed by atoms with Crippen molar-refractivity contribution in [2.75, 3.05) is 11.5 Å². The minimum absolute atomic E-state index is 0.0846. The van der Waals surface area contributed by atoms with E-state index in [1.165, 1.54) is 0 Å². The Hall–Kier alpha value is -2.48. The topological polar surface area (TPSA) is 141 Å². The van der Waals surface area contributed by atoms with Crippen LogP contribution < -0.4 is 22.8 Å². The number of carbonyl (C=O) groups excluding carboxylic acids is 1. The summed E-state index contributed by atoms with van der Waals surface area (Å²) in [6.07, 6.45) is 0. The third-order valence-electron chi connectivity index (χ3n) is 2.25. The molecule has 7 N–H and O–H groups in total. The maximum Gasteiger partial charge on any atom is 0.253 e. The molecule has 2 rings (SSSR count). The van der Waals surface area contributed by atoms with Crippen LogP contribution in [0.5, 0.6) is 0 Å². The average molecular weight is 277 g/mol. The molecule has 2 aromatic rings. The van der Waals surface area contributed by atoms with E-state index >= 15 is 0 Å². The highest BCUT2D eigenvalue weighted by Gasteiger charge is 2.13. The molecule has 0 saturated heterocycles. The van der Waals surface area contributed by atoms with Crippen molar-refractivity contribution in [3.8, 4) is 0 Å². The van der Waals surface area contributed by atoms with Gasteiger partial charge in [0.2, 0.25) is 5.91 Å². The number of hydrogen-bond acceptors (Lipinski definition) is 6. The lowest BCUT2D eigenvalue weighted by atomic mass is 10.2. The van der Waals surface area contributed by atoms with Crippen LogP contribution in [-0.2, 0) is 0 Å². The van der Waals surface area contributed by atoms with Crippen LogP contribution in [0.25, 0.3) is 0 Å². The summed E-state index contributed by atoms with van der Waals surface area (Å²) < 4.78 is 0. The third-order valence-corrected chi connectivity index (χ3v) is 3.30. The number of nitrogens with one attached hydrogen (secondary N) is 1. The Morgan fingerprint density at radius 1 is 1.32 bits per heavy atom. The molecular formula is C11H11N5O2S. The number of aromatic amines is 1. The summed E-state index contributed by atoms with van der Waals surface area (Å²) in [5.74, 6) is -0.526. The fourth-order valence-corrected chi connectivity index (χ4v) is 2.42. The quantitative estimate of drug-likeness (QED) is 0.466. The summed E-state index contributed by atoms with van der Waals surface area (Å²) in [5.41, 5.74) is 16.8. The van der Waals surface area contributed by atoms with Crippen LogP contribution in [0.2, 0.25) is 0 Å². The van der Waals surface area contributed by atoms with Crippen LogP contribution in [0.1, 0.15) is 10.4 Å². The van der Waals surface area contributed by atoms with Gasteiger partial charge in [-0.15, -0.1) is 0 Å². The van der Waals surface area contributed by atoms with Gasteiger partial charge in [0.05, 0.1) is 10.5 Å². The Kier molecular flexibility index (Phi) is 3.43. The SMILES string of the molecule is NC(=O)c1cccc(N)c1Sc1nc(N)cc(=O)[nH]1. The van der Waals surface area contributed by atoms with Crippen LogP contribution in [-0.4, -0.2) is 15.9 Å². The predicted molar refractivity (Wildman–Crippen MR) is 72.8 cm³/mol. The molecule has 0 unspecified atom stereocenters. The molecule has 0 saturated carbocycles. The minimum Gasteiger partial charge on any atom is -0.398 e. The molecule has 0 bridgehead atoms. The van der Waals surface area contributed by atoms with Crippen molar-refractivity contribution in [2.24, 2.45) is 5.73 Å². The highest BCUT2D eigenvalue weighted by atomic mass is 32.2. The molecule has 0 fully saturated rings. The van der Waals surface area contributed by atoms with E-state index in [0.29, 0.717) is 10.6 Å². The number of nitrogens with two attached hydrogens (primary N) is 3. The normalized spacial score (nSPS) is 10.3. The molecular weight excluding hydrogens is 266 g/mol. The number of carbonyl (C=O) groups is 1. The van der Waals surface area contributed by atoms with E-state index in [-0.39, 0.29) is 22.1 Å². The van der Waals surface area contributed by atoms with Gasteiger partial charge in [0, 0.05) is 11.8 Å². The first-order valence-electron chi connectivity index (χ1n) is 5.20. The maximum atomic E-state index is 11.3. The van der Waals surface area contributed by atoms with Gasteiger partial charge in [-0.3, -0.25) is 9.59 Å². The Labute approximate surface area is 112 Å². The second-order valence-electron chi connectivity index (χ2n) is 3.67. The standard InChI is InChI=1S/C11H11N5O2S/c12-6-3-1-2-5(10(14)18)9(6)19-11-15-7(13)4-8(17)16-11/h1-4H,12H2,(H2,14,18)(H3,13,15,16,17). The van der Waals surface area contributed by atoms with Gasteiger partial charge in [0.1, 0.15) is 5.82 Å². The number of benzene rings is 1. The maximum absolute atomic E-state index is 11.3.